The van der Waals surface area contributed by atoms with Gasteiger partial charge in [0.15, 0.2) is 0 Å². The molecule has 11 heteroatoms. The Balaban J connectivity index is 0.000000178. The molecule has 1 unspecified atom stereocenters. The zero-order chi connectivity index (χ0) is 32.2. The summed E-state index contributed by atoms with van der Waals surface area (Å²) in [6.07, 6.45) is 0.592. The fourth-order valence-corrected chi connectivity index (χ4v) is 5.15. The van der Waals surface area contributed by atoms with Gasteiger partial charge >= 0.3 is 0 Å². The summed E-state index contributed by atoms with van der Waals surface area (Å²) >= 11 is 3.47. The number of methoxy groups -OCH3 is 2. The van der Waals surface area contributed by atoms with Crippen LogP contribution in [-0.4, -0.2) is 33.3 Å². The third-order valence-corrected chi connectivity index (χ3v) is 7.50. The molecule has 1 atom stereocenters. The van der Waals surface area contributed by atoms with Crippen molar-refractivity contribution < 1.29 is 18.3 Å². The van der Waals surface area contributed by atoms with E-state index in [1.807, 2.05) is 13.8 Å². The van der Waals surface area contributed by atoms with Crippen molar-refractivity contribution in [2.24, 2.45) is 0 Å². The quantitative estimate of drug-likeness (QED) is 0.175. The highest BCUT2D eigenvalue weighted by Gasteiger charge is 2.17. The van der Waals surface area contributed by atoms with Gasteiger partial charge in [0.2, 0.25) is 0 Å². The zero-order valence-electron chi connectivity index (χ0n) is 24.9. The van der Waals surface area contributed by atoms with Gasteiger partial charge in [-0.15, -0.1) is 0 Å². The normalized spacial score (nSPS) is 11.6. The van der Waals surface area contributed by atoms with Crippen LogP contribution in [-0.2, 0) is 6.42 Å². The van der Waals surface area contributed by atoms with E-state index in [-0.39, 0.29) is 27.6 Å². The fourth-order valence-electron chi connectivity index (χ4n) is 4.85. The number of aromatic nitrogens is 4. The van der Waals surface area contributed by atoms with Crippen LogP contribution in [0.4, 0.5) is 8.78 Å². The summed E-state index contributed by atoms with van der Waals surface area (Å²) in [6.45, 7) is 3.81. The van der Waals surface area contributed by atoms with E-state index in [4.69, 9.17) is 9.47 Å². The second kappa shape index (κ2) is 13.4. The van der Waals surface area contributed by atoms with Gasteiger partial charge in [-0.3, -0.25) is 18.7 Å². The number of benzene rings is 4. The molecule has 45 heavy (non-hydrogen) atoms. The van der Waals surface area contributed by atoms with Gasteiger partial charge in [0.05, 0.1) is 52.2 Å². The van der Waals surface area contributed by atoms with Crippen molar-refractivity contribution in [1.29, 1.82) is 0 Å². The van der Waals surface area contributed by atoms with Crippen molar-refractivity contribution in [3.8, 4) is 22.9 Å². The molecule has 0 aliphatic carbocycles. The van der Waals surface area contributed by atoms with Crippen molar-refractivity contribution in [3.05, 3.63) is 129 Å². The summed E-state index contributed by atoms with van der Waals surface area (Å²) in [7, 11) is 3.09. The predicted octanol–water partition coefficient (Wildman–Crippen LogP) is 7.09. The summed E-state index contributed by atoms with van der Waals surface area (Å²) in [5, 5.41) is 0.923. The summed E-state index contributed by atoms with van der Waals surface area (Å²) in [4.78, 5) is 34.8. The Morgan fingerprint density at radius 3 is 1.60 bits per heavy atom. The molecule has 4 aromatic carbocycles. The van der Waals surface area contributed by atoms with Crippen molar-refractivity contribution in [1.82, 2.24) is 19.1 Å². The number of hydrogen-bond donors (Lipinski definition) is 0. The topological polar surface area (TPSA) is 88.2 Å². The van der Waals surface area contributed by atoms with Gasteiger partial charge < -0.3 is 9.47 Å². The molecule has 0 fully saturated rings. The zero-order valence-corrected chi connectivity index (χ0v) is 26.5. The molecule has 0 spiro atoms. The first-order valence-corrected chi connectivity index (χ1v) is 14.9. The minimum atomic E-state index is -0.356. The van der Waals surface area contributed by atoms with Gasteiger partial charge in [0, 0.05) is 6.42 Å². The number of fused-ring (bicyclic) bond motifs is 2. The number of ether oxygens (including phenoxy) is 2. The van der Waals surface area contributed by atoms with Crippen molar-refractivity contribution in [3.63, 3.8) is 0 Å². The standard InChI is InChI=1S/C17H14BrFN2O2.C17H15FN2O2/c1-10(18)16-20-15-8-7-13(23-2)9-14(15)17(22)21(16)12-5-3-11(19)4-6-12;1-3-16-19-15-9-8-13(22-2)10-14(15)17(21)20(16)12-6-4-11(18)5-7-12/h3-10H,1-2H3;4-10H,3H2,1-2H3. The van der Waals surface area contributed by atoms with Crippen LogP contribution in [0.15, 0.2) is 94.5 Å². The number of rotatable bonds is 6. The molecule has 0 amide bonds. The molecule has 2 aromatic heterocycles. The summed E-state index contributed by atoms with van der Waals surface area (Å²) in [5.41, 5.74) is 1.97. The van der Waals surface area contributed by atoms with Gasteiger partial charge in [-0.25, -0.2) is 18.7 Å². The van der Waals surface area contributed by atoms with E-state index in [0.717, 1.165) is 0 Å². The number of hydrogen-bond acceptors (Lipinski definition) is 6. The highest BCUT2D eigenvalue weighted by atomic mass is 79.9. The first-order valence-electron chi connectivity index (χ1n) is 14.0. The van der Waals surface area contributed by atoms with Gasteiger partial charge in [-0.1, -0.05) is 22.9 Å². The number of alkyl halides is 1. The Bertz CT molecular complexity index is 2110. The molecule has 230 valence electrons. The summed E-state index contributed by atoms with van der Waals surface area (Å²) in [5.74, 6) is 1.67. The second-order valence-corrected chi connectivity index (χ2v) is 11.3. The van der Waals surface area contributed by atoms with Gasteiger partial charge in [0.1, 0.15) is 34.8 Å². The van der Waals surface area contributed by atoms with E-state index in [2.05, 4.69) is 25.9 Å². The molecule has 2 heterocycles. The number of nitrogens with zero attached hydrogens (tertiary/aromatic N) is 4. The van der Waals surface area contributed by atoms with Crippen LogP contribution < -0.4 is 20.6 Å². The molecule has 0 saturated carbocycles. The average molecular weight is 676 g/mol. The highest BCUT2D eigenvalue weighted by Crippen LogP contribution is 2.25. The molecule has 0 bridgehead atoms. The Labute approximate surface area is 265 Å². The SMILES string of the molecule is CCc1nc2ccc(OC)cc2c(=O)n1-c1ccc(F)cc1.COc1ccc2nc(C(C)Br)n(-c3ccc(F)cc3)c(=O)c2c1. The maximum atomic E-state index is 13.2. The van der Waals surface area contributed by atoms with Crippen molar-refractivity contribution in [2.75, 3.05) is 14.2 Å². The van der Waals surface area contributed by atoms with Crippen molar-refractivity contribution >= 4 is 37.7 Å². The van der Waals surface area contributed by atoms with Crippen LogP contribution in [0.2, 0.25) is 0 Å². The first-order chi connectivity index (χ1) is 21.6. The number of aryl methyl sites for hydroxylation is 1. The minimum absolute atomic E-state index is 0.147. The van der Waals surface area contributed by atoms with Crippen LogP contribution in [0, 0.1) is 11.6 Å². The molecular formula is C34H29BrF2N4O4. The minimum Gasteiger partial charge on any atom is -0.497 e. The number of halogens is 3. The molecule has 8 nitrogen and oxygen atoms in total. The van der Waals surface area contributed by atoms with Crippen LogP contribution in [0.25, 0.3) is 33.2 Å². The van der Waals surface area contributed by atoms with E-state index in [9.17, 15) is 18.4 Å². The van der Waals surface area contributed by atoms with E-state index >= 15 is 0 Å². The Morgan fingerprint density at radius 2 is 1.16 bits per heavy atom. The molecule has 0 saturated heterocycles. The predicted molar refractivity (Wildman–Crippen MR) is 174 cm³/mol. The molecule has 0 aliphatic heterocycles. The smallest absolute Gasteiger partial charge is 0.266 e. The summed E-state index contributed by atoms with van der Waals surface area (Å²) < 4.78 is 39.7. The monoisotopic (exact) mass is 674 g/mol. The molecular weight excluding hydrogens is 646 g/mol. The Morgan fingerprint density at radius 1 is 0.711 bits per heavy atom. The largest absolute Gasteiger partial charge is 0.497 e. The second-order valence-electron chi connectivity index (χ2n) is 9.97. The van der Waals surface area contributed by atoms with E-state index in [1.165, 1.54) is 33.4 Å². The lowest BCUT2D eigenvalue weighted by Crippen LogP contribution is -2.24. The molecule has 0 aliphatic rings. The third kappa shape index (κ3) is 6.48. The van der Waals surface area contributed by atoms with Crippen molar-refractivity contribution in [2.45, 2.75) is 25.1 Å². The fraction of sp³-hybridized carbons (Fsp3) is 0.176. The average Bonchev–Trinajstić information content (AvgIpc) is 3.05. The van der Waals surface area contributed by atoms with Gasteiger partial charge in [-0.05, 0) is 91.9 Å². The van der Waals surface area contributed by atoms with Crippen LogP contribution >= 0.6 is 15.9 Å². The van der Waals surface area contributed by atoms with Gasteiger partial charge in [0.25, 0.3) is 11.1 Å². The molecule has 0 N–H and O–H groups in total. The molecule has 6 rings (SSSR count). The van der Waals surface area contributed by atoms with Crippen LogP contribution in [0.3, 0.4) is 0 Å². The lowest BCUT2D eigenvalue weighted by molar-refractivity contribution is 0.415. The maximum absolute atomic E-state index is 13.2. The highest BCUT2D eigenvalue weighted by molar-refractivity contribution is 9.09. The lowest BCUT2D eigenvalue weighted by Gasteiger charge is -2.15. The van der Waals surface area contributed by atoms with E-state index in [0.29, 0.717) is 62.7 Å². The van der Waals surface area contributed by atoms with Crippen LogP contribution in [0.5, 0.6) is 11.5 Å². The maximum Gasteiger partial charge on any atom is 0.266 e. The molecule has 0 radical (unpaired) electrons. The Hall–Kier alpha value is -4.90. The van der Waals surface area contributed by atoms with Gasteiger partial charge in [-0.2, -0.15) is 0 Å². The first kappa shape index (κ1) is 31.5. The molecule has 6 aromatic rings. The third-order valence-electron chi connectivity index (χ3n) is 7.09. The van der Waals surface area contributed by atoms with E-state index < -0.39 is 0 Å². The van der Waals surface area contributed by atoms with E-state index in [1.54, 1.807) is 74.9 Å². The Kier molecular flexibility index (Phi) is 9.38. The van der Waals surface area contributed by atoms with Crippen LogP contribution in [0.1, 0.15) is 30.3 Å². The lowest BCUT2D eigenvalue weighted by atomic mass is 10.2. The summed E-state index contributed by atoms with van der Waals surface area (Å²) in [6, 6.07) is 22.0.